The lowest BCUT2D eigenvalue weighted by atomic mass is 10.1. The topological polar surface area (TPSA) is 95.9 Å². The van der Waals surface area contributed by atoms with E-state index in [4.69, 9.17) is 38.2 Å². The van der Waals surface area contributed by atoms with Crippen LogP contribution in [-0.4, -0.2) is 41.8 Å². The largest absolute Gasteiger partial charge is 0.494 e. The summed E-state index contributed by atoms with van der Waals surface area (Å²) < 4.78 is 4.95. The first-order chi connectivity index (χ1) is 9.40. The molecule has 0 aromatic heterocycles. The fraction of sp³-hybridized carbons (Fsp3) is 0.333. The number of carbonyl (C=O) groups is 2. The molecule has 1 atom stereocenters. The molecule has 0 heterocycles. The second-order valence-corrected chi connectivity index (χ2v) is 4.66. The van der Waals surface area contributed by atoms with Crippen molar-refractivity contribution in [3.63, 3.8) is 0 Å². The molecule has 0 radical (unpaired) electrons. The summed E-state index contributed by atoms with van der Waals surface area (Å²) in [5.41, 5.74) is 0.102. The number of rotatable bonds is 6. The molecule has 0 unspecified atom stereocenters. The highest BCUT2D eigenvalue weighted by atomic mass is 35.5. The second kappa shape index (κ2) is 7.33. The van der Waals surface area contributed by atoms with Gasteiger partial charge in [-0.3, -0.25) is 4.79 Å². The van der Waals surface area contributed by atoms with Gasteiger partial charge in [0.1, 0.15) is 6.04 Å². The lowest BCUT2D eigenvalue weighted by Crippen LogP contribution is -2.41. The predicted octanol–water partition coefficient (Wildman–Crippen LogP) is 1.57. The van der Waals surface area contributed by atoms with Gasteiger partial charge in [-0.25, -0.2) is 4.79 Å². The zero-order valence-electron chi connectivity index (χ0n) is 10.5. The van der Waals surface area contributed by atoms with E-state index < -0.39 is 17.9 Å². The molecule has 0 saturated carbocycles. The molecule has 6 nitrogen and oxygen atoms in total. The van der Waals surface area contributed by atoms with Gasteiger partial charge in [-0.1, -0.05) is 23.2 Å². The molecule has 8 heteroatoms. The van der Waals surface area contributed by atoms with Gasteiger partial charge >= 0.3 is 5.97 Å². The summed E-state index contributed by atoms with van der Waals surface area (Å²) in [6.45, 7) is -0.360. The smallest absolute Gasteiger partial charge is 0.326 e. The highest BCUT2D eigenvalue weighted by Crippen LogP contribution is 2.33. The zero-order valence-corrected chi connectivity index (χ0v) is 12.0. The zero-order chi connectivity index (χ0) is 15.3. The van der Waals surface area contributed by atoms with Crippen LogP contribution in [0.25, 0.3) is 0 Å². The number of methoxy groups -OCH3 is 1. The molecule has 0 saturated heterocycles. The van der Waals surface area contributed by atoms with Gasteiger partial charge in [0.2, 0.25) is 0 Å². The van der Waals surface area contributed by atoms with Gasteiger partial charge in [0, 0.05) is 18.6 Å². The minimum atomic E-state index is -1.24. The van der Waals surface area contributed by atoms with E-state index in [0.29, 0.717) is 0 Å². The van der Waals surface area contributed by atoms with Gasteiger partial charge in [0.05, 0.1) is 17.2 Å². The number of hydrogen-bond donors (Lipinski definition) is 3. The Bertz CT molecular complexity index is 498. The molecule has 20 heavy (non-hydrogen) atoms. The minimum absolute atomic E-state index is 0.0985. The summed E-state index contributed by atoms with van der Waals surface area (Å²) in [4.78, 5) is 22.8. The van der Waals surface area contributed by atoms with Crippen molar-refractivity contribution < 1.29 is 24.5 Å². The maximum absolute atomic E-state index is 11.9. The molecule has 1 amide bonds. The molecule has 0 aliphatic rings. The first kappa shape index (κ1) is 16.6. The van der Waals surface area contributed by atoms with Crippen LogP contribution in [0.15, 0.2) is 12.1 Å². The van der Waals surface area contributed by atoms with Crippen LogP contribution < -0.4 is 10.1 Å². The van der Waals surface area contributed by atoms with Crippen molar-refractivity contribution in [3.05, 3.63) is 27.7 Å². The molecule has 1 aromatic rings. The Kier molecular flexibility index (Phi) is 6.06. The van der Waals surface area contributed by atoms with E-state index in [1.54, 1.807) is 0 Å². The number of aliphatic hydroxyl groups is 1. The van der Waals surface area contributed by atoms with Gasteiger partial charge < -0.3 is 20.3 Å². The molecule has 1 aromatic carbocycles. The lowest BCUT2D eigenvalue weighted by molar-refractivity contribution is -0.139. The van der Waals surface area contributed by atoms with Gasteiger partial charge in [-0.15, -0.1) is 0 Å². The quantitative estimate of drug-likeness (QED) is 0.739. The summed E-state index contributed by atoms with van der Waals surface area (Å²) in [5.74, 6) is -1.66. The highest BCUT2D eigenvalue weighted by molar-refractivity contribution is 6.37. The molecule has 0 aliphatic carbocycles. The Balaban J connectivity index is 2.95. The molecule has 1 rings (SSSR count). The maximum atomic E-state index is 11.9. The number of aliphatic hydroxyl groups excluding tert-OH is 1. The van der Waals surface area contributed by atoms with Crippen molar-refractivity contribution in [1.29, 1.82) is 0 Å². The van der Waals surface area contributed by atoms with Crippen LogP contribution >= 0.6 is 23.2 Å². The van der Waals surface area contributed by atoms with Crippen molar-refractivity contribution in [3.8, 4) is 5.75 Å². The van der Waals surface area contributed by atoms with Crippen LogP contribution in [0, 0.1) is 0 Å². The third kappa shape index (κ3) is 4.00. The fourth-order valence-corrected chi connectivity index (χ4v) is 2.16. The molecule has 0 fully saturated rings. The molecule has 0 spiro atoms. The van der Waals surface area contributed by atoms with Gasteiger partial charge in [-0.2, -0.15) is 0 Å². The van der Waals surface area contributed by atoms with Crippen molar-refractivity contribution in [2.24, 2.45) is 0 Å². The average molecular weight is 322 g/mol. The normalized spacial score (nSPS) is 11.8. The van der Waals surface area contributed by atoms with Crippen molar-refractivity contribution >= 4 is 35.1 Å². The van der Waals surface area contributed by atoms with Crippen LogP contribution in [0.5, 0.6) is 5.75 Å². The third-order valence-electron chi connectivity index (χ3n) is 2.49. The summed E-state index contributed by atoms with van der Waals surface area (Å²) in [6.07, 6.45) is -0.0985. The Morgan fingerprint density at radius 3 is 2.30 bits per heavy atom. The van der Waals surface area contributed by atoms with Crippen LogP contribution in [0.2, 0.25) is 10.0 Å². The second-order valence-electron chi connectivity index (χ2n) is 3.85. The Hall–Kier alpha value is -1.50. The Morgan fingerprint density at radius 2 is 1.90 bits per heavy atom. The van der Waals surface area contributed by atoms with Gasteiger partial charge in [-0.05, 0) is 12.1 Å². The van der Waals surface area contributed by atoms with E-state index in [2.05, 4.69) is 5.32 Å². The molecular weight excluding hydrogens is 309 g/mol. The molecule has 3 N–H and O–H groups in total. The number of hydrogen-bond acceptors (Lipinski definition) is 4. The molecular formula is C12H13Cl2NO5. The third-order valence-corrected chi connectivity index (χ3v) is 3.05. The number of benzene rings is 1. The van der Waals surface area contributed by atoms with Gasteiger partial charge in [0.15, 0.2) is 5.75 Å². The highest BCUT2D eigenvalue weighted by Gasteiger charge is 2.21. The predicted molar refractivity (Wildman–Crippen MR) is 73.6 cm³/mol. The number of carboxylic acid groups (broad SMARTS) is 1. The van der Waals surface area contributed by atoms with E-state index in [0.717, 1.165) is 0 Å². The summed E-state index contributed by atoms with van der Waals surface area (Å²) in [5, 5.41) is 20.2. The van der Waals surface area contributed by atoms with E-state index in [1.807, 2.05) is 0 Å². The van der Waals surface area contributed by atoms with Crippen molar-refractivity contribution in [2.45, 2.75) is 12.5 Å². The Morgan fingerprint density at radius 1 is 1.35 bits per heavy atom. The molecule has 110 valence electrons. The first-order valence-electron chi connectivity index (χ1n) is 5.58. The van der Waals surface area contributed by atoms with Crippen molar-refractivity contribution in [2.75, 3.05) is 13.7 Å². The molecule has 0 aliphatic heterocycles. The number of halogens is 2. The number of aliphatic carboxylic acids is 1. The maximum Gasteiger partial charge on any atom is 0.326 e. The molecule has 0 bridgehead atoms. The van der Waals surface area contributed by atoms with E-state index in [-0.39, 0.29) is 34.4 Å². The SMILES string of the molecule is COc1c(Cl)cc(C(=O)N[C@H](CCO)C(=O)O)cc1Cl. The average Bonchev–Trinajstić information content (AvgIpc) is 2.37. The van der Waals surface area contributed by atoms with E-state index in [9.17, 15) is 9.59 Å². The standard InChI is InChI=1S/C12H13Cl2NO5/c1-20-10-7(13)4-6(5-8(10)14)11(17)15-9(2-3-16)12(18)19/h4-5,9,16H,2-3H2,1H3,(H,15,17)(H,18,19)/t9-/m1/s1. The van der Waals surface area contributed by atoms with Crippen LogP contribution in [-0.2, 0) is 4.79 Å². The van der Waals surface area contributed by atoms with Gasteiger partial charge in [0.25, 0.3) is 5.91 Å². The van der Waals surface area contributed by atoms with E-state index >= 15 is 0 Å². The number of carboxylic acids is 1. The number of ether oxygens (including phenoxy) is 1. The summed E-state index contributed by atoms with van der Waals surface area (Å²) in [7, 11) is 1.38. The van der Waals surface area contributed by atoms with Crippen molar-refractivity contribution in [1.82, 2.24) is 5.32 Å². The van der Waals surface area contributed by atoms with Crippen LogP contribution in [0.1, 0.15) is 16.8 Å². The summed E-state index contributed by atoms with van der Waals surface area (Å²) >= 11 is 11.8. The minimum Gasteiger partial charge on any atom is -0.494 e. The summed E-state index contributed by atoms with van der Waals surface area (Å²) in [6, 6.07) is 1.45. The Labute approximate surface area is 125 Å². The van der Waals surface area contributed by atoms with E-state index in [1.165, 1.54) is 19.2 Å². The number of nitrogens with one attached hydrogen (secondary N) is 1. The lowest BCUT2D eigenvalue weighted by Gasteiger charge is -2.14. The monoisotopic (exact) mass is 321 g/mol. The fourth-order valence-electron chi connectivity index (χ4n) is 1.51. The van der Waals surface area contributed by atoms with Crippen LogP contribution in [0.3, 0.4) is 0 Å². The first-order valence-corrected chi connectivity index (χ1v) is 6.33. The number of carbonyl (C=O) groups excluding carboxylic acids is 1. The number of amides is 1. The van der Waals surface area contributed by atoms with Crippen LogP contribution in [0.4, 0.5) is 0 Å².